The van der Waals surface area contributed by atoms with Crippen molar-refractivity contribution in [2.45, 2.75) is 89.6 Å². The topological polar surface area (TPSA) is 49.8 Å². The third-order valence-electron chi connectivity index (χ3n) is 8.20. The van der Waals surface area contributed by atoms with Crippen LogP contribution >= 0.6 is 23.2 Å². The molecule has 8 heteroatoms. The molecule has 3 rings (SSSR count). The van der Waals surface area contributed by atoms with Gasteiger partial charge in [0.2, 0.25) is 0 Å². The normalized spacial score (nSPS) is 17.5. The van der Waals surface area contributed by atoms with E-state index in [1.807, 2.05) is 6.92 Å². The molecule has 1 saturated heterocycles. The van der Waals surface area contributed by atoms with Gasteiger partial charge in [0.25, 0.3) is 8.32 Å². The van der Waals surface area contributed by atoms with Crippen molar-refractivity contribution in [3.05, 3.63) is 63.4 Å². The highest BCUT2D eigenvalue weighted by atomic mass is 35.5. The second-order valence-corrected chi connectivity index (χ2v) is 17.5. The van der Waals surface area contributed by atoms with Crippen LogP contribution in [-0.2, 0) is 5.60 Å². The van der Waals surface area contributed by atoms with Gasteiger partial charge in [0.15, 0.2) is 5.78 Å². The highest BCUT2D eigenvalue weighted by Crippen LogP contribution is 2.46. The molecule has 0 aromatic heterocycles. The van der Waals surface area contributed by atoms with Crippen LogP contribution in [0.4, 0.5) is 4.39 Å². The number of carbonyl (C=O) groups excluding carboxylic acids is 1. The molecule has 1 aliphatic heterocycles. The number of hydrogen-bond donors (Lipinski definition) is 1. The molecule has 37 heavy (non-hydrogen) atoms. The molecule has 0 spiro atoms. The predicted octanol–water partition coefficient (Wildman–Crippen LogP) is 8.24. The third-order valence-corrected chi connectivity index (χ3v) is 14.7. The van der Waals surface area contributed by atoms with Crippen LogP contribution < -0.4 is 4.43 Å². The summed E-state index contributed by atoms with van der Waals surface area (Å²) in [6, 6.07) is 8.91. The molecule has 2 aromatic rings. The molecule has 204 valence electrons. The number of Topliss-reactive ketones (excluding diaryl/α,β-unsaturated/α-hetero) is 1. The maximum absolute atomic E-state index is 13.4. The molecule has 0 saturated carbocycles. The zero-order valence-corrected chi connectivity index (χ0v) is 25.5. The van der Waals surface area contributed by atoms with Crippen LogP contribution in [0.2, 0.25) is 26.7 Å². The molecule has 2 aromatic carbocycles. The van der Waals surface area contributed by atoms with Gasteiger partial charge in [-0.3, -0.25) is 9.69 Å². The molecule has 0 amide bonds. The summed E-state index contributed by atoms with van der Waals surface area (Å²) in [6.45, 7) is 16.1. The van der Waals surface area contributed by atoms with Gasteiger partial charge >= 0.3 is 0 Å². The van der Waals surface area contributed by atoms with Crippen LogP contribution in [0.25, 0.3) is 0 Å². The van der Waals surface area contributed by atoms with Gasteiger partial charge in [-0.15, -0.1) is 0 Å². The quantitative estimate of drug-likeness (QED) is 0.245. The zero-order valence-electron chi connectivity index (χ0n) is 22.9. The van der Waals surface area contributed by atoms with E-state index in [1.165, 1.54) is 12.1 Å². The molecule has 1 unspecified atom stereocenters. The number of halogens is 3. The summed E-state index contributed by atoms with van der Waals surface area (Å²) in [5.41, 5.74) is 1.18. The standard InChI is InChI=1S/C29H40Cl2FNO3Si/c1-18(2)37(19(3)4,20(5)6)36-28-25(30)16-22(17-26(28)31)27(34)21(7)33-14-12-29(35,13-15-33)23-8-10-24(32)11-9-23/h8-11,16-21,35H,12-15H2,1-7H3. The molecule has 1 heterocycles. The average Bonchev–Trinajstić information content (AvgIpc) is 2.82. The minimum Gasteiger partial charge on any atom is -0.541 e. The lowest BCUT2D eigenvalue weighted by molar-refractivity contribution is -0.0318. The number of carbonyl (C=O) groups is 1. The molecule has 4 nitrogen and oxygen atoms in total. The number of nitrogens with zero attached hydrogens (tertiary/aromatic N) is 1. The van der Waals surface area contributed by atoms with Crippen molar-refractivity contribution < 1.29 is 18.7 Å². The Kier molecular flexibility index (Phi) is 9.56. The Balaban J connectivity index is 1.77. The van der Waals surface area contributed by atoms with E-state index in [4.69, 9.17) is 27.6 Å². The van der Waals surface area contributed by atoms with Crippen LogP contribution in [0.15, 0.2) is 36.4 Å². The lowest BCUT2D eigenvalue weighted by Gasteiger charge is -2.42. The summed E-state index contributed by atoms with van der Waals surface area (Å²) in [7, 11) is -2.28. The summed E-state index contributed by atoms with van der Waals surface area (Å²) < 4.78 is 20.0. The number of aliphatic hydroxyl groups is 1. The molecule has 1 aliphatic rings. The molecule has 1 fully saturated rings. The monoisotopic (exact) mass is 567 g/mol. The summed E-state index contributed by atoms with van der Waals surface area (Å²) in [6.07, 6.45) is 0.910. The number of ketones is 1. The van der Waals surface area contributed by atoms with E-state index < -0.39 is 20.0 Å². The number of benzene rings is 2. The first-order valence-electron chi connectivity index (χ1n) is 13.2. The lowest BCUT2D eigenvalue weighted by atomic mass is 9.84. The van der Waals surface area contributed by atoms with Crippen LogP contribution in [0, 0.1) is 5.82 Å². The summed E-state index contributed by atoms with van der Waals surface area (Å²) in [5.74, 6) is 0.0590. The summed E-state index contributed by atoms with van der Waals surface area (Å²) in [4.78, 5) is 15.5. The summed E-state index contributed by atoms with van der Waals surface area (Å²) >= 11 is 13.4. The molecule has 0 bridgehead atoms. The van der Waals surface area contributed by atoms with Gasteiger partial charge in [0.05, 0.1) is 21.7 Å². The average molecular weight is 569 g/mol. The van der Waals surface area contributed by atoms with Gasteiger partial charge in [-0.2, -0.15) is 0 Å². The first-order valence-corrected chi connectivity index (χ1v) is 16.1. The Labute approximate surface area is 232 Å². The Morgan fingerprint density at radius 1 is 0.946 bits per heavy atom. The highest BCUT2D eigenvalue weighted by molar-refractivity contribution is 6.78. The van der Waals surface area contributed by atoms with Crippen molar-refractivity contribution >= 4 is 37.3 Å². The molecule has 0 aliphatic carbocycles. The lowest BCUT2D eigenvalue weighted by Crippen LogP contribution is -2.50. The highest BCUT2D eigenvalue weighted by Gasteiger charge is 2.47. The maximum atomic E-state index is 13.4. The second kappa shape index (κ2) is 11.7. The van der Waals surface area contributed by atoms with Crippen molar-refractivity contribution in [2.75, 3.05) is 13.1 Å². The van der Waals surface area contributed by atoms with E-state index in [0.717, 1.165) is 0 Å². The first kappa shape index (κ1) is 30.1. The Morgan fingerprint density at radius 3 is 1.84 bits per heavy atom. The zero-order chi connectivity index (χ0) is 27.7. The van der Waals surface area contributed by atoms with E-state index in [9.17, 15) is 14.3 Å². The molecular formula is C29H40Cl2FNO3Si. The van der Waals surface area contributed by atoms with Crippen LogP contribution in [0.5, 0.6) is 5.75 Å². The molecule has 1 N–H and O–H groups in total. The van der Waals surface area contributed by atoms with Crippen LogP contribution in [0.1, 0.15) is 77.2 Å². The maximum Gasteiger partial charge on any atom is 0.258 e. The van der Waals surface area contributed by atoms with Crippen LogP contribution in [0.3, 0.4) is 0 Å². The number of rotatable bonds is 9. The van der Waals surface area contributed by atoms with Gasteiger partial charge in [0.1, 0.15) is 11.6 Å². The largest absolute Gasteiger partial charge is 0.541 e. The van der Waals surface area contributed by atoms with Gasteiger partial charge in [0, 0.05) is 18.7 Å². The van der Waals surface area contributed by atoms with E-state index in [1.54, 1.807) is 24.3 Å². The van der Waals surface area contributed by atoms with Gasteiger partial charge < -0.3 is 9.53 Å². The fourth-order valence-corrected chi connectivity index (χ4v) is 12.0. The minimum atomic E-state index is -2.28. The van der Waals surface area contributed by atoms with Gasteiger partial charge in [-0.05, 0) is 66.2 Å². The SMILES string of the molecule is CC(C(=O)c1cc(Cl)c(O[Si](C(C)C)(C(C)C)C(C)C)c(Cl)c1)N1CCC(O)(c2ccc(F)cc2)CC1. The number of piperidine rings is 1. The van der Waals surface area contributed by atoms with E-state index in [0.29, 0.717) is 69.5 Å². The van der Waals surface area contributed by atoms with Gasteiger partial charge in [-0.1, -0.05) is 76.9 Å². The molecule has 0 radical (unpaired) electrons. The number of hydrogen-bond acceptors (Lipinski definition) is 4. The van der Waals surface area contributed by atoms with Crippen LogP contribution in [-0.4, -0.2) is 43.2 Å². The predicted molar refractivity (Wildman–Crippen MR) is 153 cm³/mol. The molecule has 1 atom stereocenters. The Morgan fingerprint density at radius 2 is 1.41 bits per heavy atom. The van der Waals surface area contributed by atoms with Crippen molar-refractivity contribution in [2.24, 2.45) is 0 Å². The Bertz CT molecular complexity index is 1050. The van der Waals surface area contributed by atoms with Crippen molar-refractivity contribution in [3.63, 3.8) is 0 Å². The smallest absolute Gasteiger partial charge is 0.258 e. The van der Waals surface area contributed by atoms with E-state index in [2.05, 4.69) is 46.4 Å². The Hall–Kier alpha value is -1.44. The van der Waals surface area contributed by atoms with Crippen molar-refractivity contribution in [3.8, 4) is 5.75 Å². The first-order chi connectivity index (χ1) is 17.2. The summed E-state index contributed by atoms with van der Waals surface area (Å²) in [5, 5.41) is 11.8. The third kappa shape index (κ3) is 6.09. The second-order valence-electron chi connectivity index (χ2n) is 11.3. The minimum absolute atomic E-state index is 0.0809. The molecular weight excluding hydrogens is 528 g/mol. The van der Waals surface area contributed by atoms with Crippen molar-refractivity contribution in [1.29, 1.82) is 0 Å². The van der Waals surface area contributed by atoms with Gasteiger partial charge in [-0.25, -0.2) is 4.39 Å². The fourth-order valence-electron chi connectivity index (χ4n) is 6.07. The number of likely N-dealkylation sites (tertiary alicyclic amines) is 1. The van der Waals surface area contributed by atoms with Crippen molar-refractivity contribution in [1.82, 2.24) is 4.90 Å². The fraction of sp³-hybridized carbons (Fsp3) is 0.552. The van der Waals surface area contributed by atoms with E-state index >= 15 is 0 Å². The van der Waals surface area contributed by atoms with E-state index in [-0.39, 0.29) is 11.6 Å².